The second-order valence-electron chi connectivity index (χ2n) is 8.50. The Hall–Kier alpha value is -3.23. The molecule has 5 amide bonds. The van der Waals surface area contributed by atoms with E-state index in [2.05, 4.69) is 10.6 Å². The number of primary amides is 1. The predicted molar refractivity (Wildman–Crippen MR) is 112 cm³/mol. The molecule has 0 bridgehead atoms. The van der Waals surface area contributed by atoms with Crippen LogP contribution < -0.4 is 16.4 Å². The molecular formula is C22H28N4O5. The summed E-state index contributed by atoms with van der Waals surface area (Å²) in [6.45, 7) is 4.33. The quantitative estimate of drug-likeness (QED) is 0.520. The van der Waals surface area contributed by atoms with Crippen LogP contribution in [0.1, 0.15) is 60.2 Å². The number of carbonyl (C=O) groups excluding carboxylic acids is 5. The van der Waals surface area contributed by atoms with E-state index >= 15 is 0 Å². The molecule has 2 aliphatic rings. The van der Waals surface area contributed by atoms with Crippen LogP contribution >= 0.6 is 0 Å². The lowest BCUT2D eigenvalue weighted by molar-refractivity contribution is -0.132. The molecule has 0 spiro atoms. The van der Waals surface area contributed by atoms with Crippen LogP contribution in [-0.4, -0.2) is 53.1 Å². The Kier molecular flexibility index (Phi) is 6.72. The molecule has 9 nitrogen and oxygen atoms in total. The van der Waals surface area contributed by atoms with Gasteiger partial charge in [-0.05, 0) is 43.7 Å². The molecule has 1 aromatic rings. The van der Waals surface area contributed by atoms with Gasteiger partial charge in [-0.15, -0.1) is 0 Å². The van der Waals surface area contributed by atoms with Crippen LogP contribution in [-0.2, 0) is 14.4 Å². The smallest absolute Gasteiger partial charge is 0.262 e. The van der Waals surface area contributed by atoms with Crippen molar-refractivity contribution in [2.75, 3.05) is 6.54 Å². The van der Waals surface area contributed by atoms with Crippen molar-refractivity contribution < 1.29 is 24.0 Å². The molecule has 166 valence electrons. The van der Waals surface area contributed by atoms with Crippen molar-refractivity contribution in [2.45, 2.75) is 51.6 Å². The van der Waals surface area contributed by atoms with Crippen molar-refractivity contribution in [1.29, 1.82) is 0 Å². The fraction of sp³-hybridized carbons (Fsp3) is 0.500. The number of imide groups is 1. The number of carbonyl (C=O) groups is 5. The van der Waals surface area contributed by atoms with E-state index in [1.807, 2.05) is 13.8 Å². The van der Waals surface area contributed by atoms with Crippen LogP contribution in [0.2, 0.25) is 0 Å². The average Bonchev–Trinajstić information content (AvgIpc) is 2.97. The van der Waals surface area contributed by atoms with Crippen LogP contribution in [0, 0.1) is 11.8 Å². The minimum atomic E-state index is -1.09. The molecule has 1 fully saturated rings. The maximum absolute atomic E-state index is 13.2. The van der Waals surface area contributed by atoms with Gasteiger partial charge in [0.1, 0.15) is 12.1 Å². The summed E-state index contributed by atoms with van der Waals surface area (Å²) in [7, 11) is 0. The van der Waals surface area contributed by atoms with Crippen LogP contribution in [0.4, 0.5) is 0 Å². The van der Waals surface area contributed by atoms with E-state index in [4.69, 9.17) is 5.73 Å². The molecule has 4 N–H and O–H groups in total. The summed E-state index contributed by atoms with van der Waals surface area (Å²) in [6.07, 6.45) is 1.68. The number of nitrogens with zero attached hydrogens (tertiary/aromatic N) is 1. The van der Waals surface area contributed by atoms with Crippen molar-refractivity contribution in [3.63, 3.8) is 0 Å². The highest BCUT2D eigenvalue weighted by Crippen LogP contribution is 2.27. The lowest BCUT2D eigenvalue weighted by Crippen LogP contribution is -2.55. The van der Waals surface area contributed by atoms with E-state index in [-0.39, 0.29) is 35.8 Å². The molecule has 1 saturated heterocycles. The summed E-state index contributed by atoms with van der Waals surface area (Å²) in [5.74, 6) is -3.09. The molecule has 3 rings (SSSR count). The first kappa shape index (κ1) is 22.5. The number of rotatable bonds is 8. The Bertz CT molecular complexity index is 878. The number of nitrogens with one attached hydrogen (secondary N) is 2. The highest BCUT2D eigenvalue weighted by Gasteiger charge is 2.43. The van der Waals surface area contributed by atoms with E-state index < -0.39 is 41.6 Å². The number of benzene rings is 1. The number of amides is 5. The molecule has 1 unspecified atom stereocenters. The normalized spacial score (nSPS) is 20.3. The summed E-state index contributed by atoms with van der Waals surface area (Å²) in [4.78, 5) is 64.0. The van der Waals surface area contributed by atoms with Crippen LogP contribution in [0.3, 0.4) is 0 Å². The molecule has 2 aliphatic heterocycles. The summed E-state index contributed by atoms with van der Waals surface area (Å²) in [5, 5.41) is 5.34. The third-order valence-electron chi connectivity index (χ3n) is 5.71. The van der Waals surface area contributed by atoms with E-state index in [0.29, 0.717) is 13.0 Å². The highest BCUT2D eigenvalue weighted by atomic mass is 16.2. The van der Waals surface area contributed by atoms with Gasteiger partial charge in [-0.1, -0.05) is 26.0 Å². The lowest BCUT2D eigenvalue weighted by Gasteiger charge is -2.30. The third kappa shape index (κ3) is 4.76. The molecule has 0 radical (unpaired) electrons. The third-order valence-corrected chi connectivity index (χ3v) is 5.71. The Morgan fingerprint density at radius 2 is 1.77 bits per heavy atom. The van der Waals surface area contributed by atoms with Crippen LogP contribution in [0.25, 0.3) is 0 Å². The van der Waals surface area contributed by atoms with Crippen molar-refractivity contribution in [2.24, 2.45) is 17.6 Å². The van der Waals surface area contributed by atoms with Gasteiger partial charge in [0.15, 0.2) is 0 Å². The zero-order valence-electron chi connectivity index (χ0n) is 17.7. The van der Waals surface area contributed by atoms with E-state index in [1.165, 1.54) is 0 Å². The number of hydrogen-bond donors (Lipinski definition) is 3. The van der Waals surface area contributed by atoms with Gasteiger partial charge in [-0.3, -0.25) is 28.9 Å². The first-order chi connectivity index (χ1) is 14.7. The fourth-order valence-electron chi connectivity index (χ4n) is 4.13. The van der Waals surface area contributed by atoms with Gasteiger partial charge in [0.05, 0.1) is 11.1 Å². The Balaban J connectivity index is 1.81. The molecule has 0 saturated carbocycles. The monoisotopic (exact) mass is 428 g/mol. The minimum absolute atomic E-state index is 0.00351. The van der Waals surface area contributed by atoms with Gasteiger partial charge < -0.3 is 16.4 Å². The topological polar surface area (TPSA) is 139 Å². The summed E-state index contributed by atoms with van der Waals surface area (Å²) >= 11 is 0. The van der Waals surface area contributed by atoms with E-state index in [9.17, 15) is 24.0 Å². The number of hydrogen-bond acceptors (Lipinski definition) is 5. The van der Waals surface area contributed by atoms with Crippen LogP contribution in [0.5, 0.6) is 0 Å². The van der Waals surface area contributed by atoms with Gasteiger partial charge in [0.2, 0.25) is 17.7 Å². The van der Waals surface area contributed by atoms with Crippen molar-refractivity contribution in [3.05, 3.63) is 35.4 Å². The highest BCUT2D eigenvalue weighted by molar-refractivity contribution is 6.22. The number of fused-ring (bicyclic) bond motifs is 1. The largest absolute Gasteiger partial charge is 0.368 e. The lowest BCUT2D eigenvalue weighted by atomic mass is 9.91. The molecule has 31 heavy (non-hydrogen) atoms. The molecule has 3 atom stereocenters. The fourth-order valence-corrected chi connectivity index (χ4v) is 4.13. The Labute approximate surface area is 180 Å². The molecule has 0 aromatic heterocycles. The maximum Gasteiger partial charge on any atom is 0.262 e. The predicted octanol–water partition coefficient (Wildman–Crippen LogP) is 0.584. The number of piperidine rings is 1. The van der Waals surface area contributed by atoms with Gasteiger partial charge in [0, 0.05) is 12.5 Å². The van der Waals surface area contributed by atoms with Gasteiger partial charge in [-0.25, -0.2) is 0 Å². The van der Waals surface area contributed by atoms with Crippen molar-refractivity contribution in [3.8, 4) is 0 Å². The van der Waals surface area contributed by atoms with E-state index in [1.54, 1.807) is 24.3 Å². The Morgan fingerprint density at radius 1 is 1.16 bits per heavy atom. The zero-order chi connectivity index (χ0) is 22.7. The molecule has 0 aliphatic carbocycles. The molecule has 9 heteroatoms. The minimum Gasteiger partial charge on any atom is -0.368 e. The first-order valence-corrected chi connectivity index (χ1v) is 10.5. The summed E-state index contributed by atoms with van der Waals surface area (Å²) in [6, 6.07) is 4.24. The second-order valence-corrected chi connectivity index (χ2v) is 8.50. The zero-order valence-corrected chi connectivity index (χ0v) is 17.7. The SMILES string of the molecule is CC(C)CC(C(=O)N[C@@H](C[C@@H]1CCCNC1=O)C(N)=O)N1C(=O)c2ccccc2C1=O. The molecule has 2 heterocycles. The standard InChI is InChI=1S/C22H28N4O5/c1-12(2)10-17(26-21(30)14-7-3-4-8-15(14)22(26)31)20(29)25-16(18(23)27)11-13-6-5-9-24-19(13)28/h3-4,7-8,12-13,16-17H,5-6,9-11H2,1-2H3,(H2,23,27)(H,24,28)(H,25,29)/t13-,16-,17?/m0/s1. The molecular weight excluding hydrogens is 400 g/mol. The second kappa shape index (κ2) is 9.28. The molecule has 1 aromatic carbocycles. The maximum atomic E-state index is 13.2. The summed E-state index contributed by atoms with van der Waals surface area (Å²) < 4.78 is 0. The van der Waals surface area contributed by atoms with Crippen LogP contribution in [0.15, 0.2) is 24.3 Å². The van der Waals surface area contributed by atoms with E-state index in [0.717, 1.165) is 11.3 Å². The van der Waals surface area contributed by atoms with Crippen molar-refractivity contribution in [1.82, 2.24) is 15.5 Å². The Morgan fingerprint density at radius 3 is 2.29 bits per heavy atom. The average molecular weight is 428 g/mol. The number of nitrogens with two attached hydrogens (primary N) is 1. The first-order valence-electron chi connectivity index (χ1n) is 10.5. The van der Waals surface area contributed by atoms with Gasteiger partial charge in [-0.2, -0.15) is 0 Å². The van der Waals surface area contributed by atoms with Gasteiger partial charge in [0.25, 0.3) is 11.8 Å². The summed E-state index contributed by atoms with van der Waals surface area (Å²) in [5.41, 5.74) is 5.99. The van der Waals surface area contributed by atoms with Crippen molar-refractivity contribution >= 4 is 29.5 Å². The van der Waals surface area contributed by atoms with Gasteiger partial charge >= 0.3 is 0 Å².